The number of hydrogen-bond donors (Lipinski definition) is 2. The Balaban J connectivity index is 1.63. The summed E-state index contributed by atoms with van der Waals surface area (Å²) in [6.07, 6.45) is 0.893. The van der Waals surface area contributed by atoms with Crippen LogP contribution in [-0.4, -0.2) is 37.7 Å². The van der Waals surface area contributed by atoms with Gasteiger partial charge in [0.2, 0.25) is 0 Å². The van der Waals surface area contributed by atoms with Crippen molar-refractivity contribution in [3.05, 3.63) is 46.4 Å². The van der Waals surface area contributed by atoms with Crippen molar-refractivity contribution in [2.24, 2.45) is 4.99 Å². The minimum Gasteiger partial charge on any atom is -0.492 e. The molecule has 0 radical (unpaired) electrons. The Morgan fingerprint density at radius 1 is 1.21 bits per heavy atom. The zero-order chi connectivity index (χ0) is 17.2. The van der Waals surface area contributed by atoms with Crippen molar-refractivity contribution in [3.8, 4) is 5.75 Å². The molecule has 0 aliphatic carbocycles. The maximum absolute atomic E-state index is 5.65. The van der Waals surface area contributed by atoms with E-state index in [0.29, 0.717) is 19.1 Å². The van der Waals surface area contributed by atoms with Crippen LogP contribution in [0.2, 0.25) is 0 Å². The fraction of sp³-hybridized carbons (Fsp3) is 0.444. The predicted molar refractivity (Wildman–Crippen MR) is 101 cm³/mol. The quantitative estimate of drug-likeness (QED) is 0.438. The van der Waals surface area contributed by atoms with Crippen LogP contribution in [0, 0.1) is 0 Å². The van der Waals surface area contributed by atoms with Crippen LogP contribution >= 0.6 is 11.3 Å². The van der Waals surface area contributed by atoms with Crippen LogP contribution in [0.25, 0.3) is 0 Å². The highest BCUT2D eigenvalue weighted by molar-refractivity contribution is 7.09. The highest BCUT2D eigenvalue weighted by atomic mass is 32.1. The second-order valence-electron chi connectivity index (χ2n) is 5.67. The van der Waals surface area contributed by atoms with Crippen molar-refractivity contribution in [3.63, 3.8) is 0 Å². The normalized spacial score (nSPS) is 11.6. The highest BCUT2D eigenvalue weighted by Crippen LogP contribution is 2.19. The Morgan fingerprint density at radius 3 is 2.62 bits per heavy atom. The molecule has 0 saturated carbocycles. The van der Waals surface area contributed by atoms with Gasteiger partial charge in [0.25, 0.3) is 0 Å². The van der Waals surface area contributed by atoms with Crippen molar-refractivity contribution in [1.82, 2.24) is 15.6 Å². The van der Waals surface area contributed by atoms with Crippen molar-refractivity contribution in [2.75, 3.05) is 26.7 Å². The first-order valence-electron chi connectivity index (χ1n) is 8.25. The lowest BCUT2D eigenvalue weighted by Crippen LogP contribution is -2.40. The molecule has 1 aromatic heterocycles. The Hall–Kier alpha value is -2.08. The summed E-state index contributed by atoms with van der Waals surface area (Å²) in [7, 11) is 1.77. The van der Waals surface area contributed by atoms with Gasteiger partial charge in [-0.15, -0.1) is 11.3 Å². The average molecular weight is 347 g/mol. The third kappa shape index (κ3) is 6.20. The molecule has 5 nitrogen and oxygen atoms in total. The summed E-state index contributed by atoms with van der Waals surface area (Å²) in [5.41, 5.74) is 1.14. The molecule has 0 aliphatic heterocycles. The molecule has 0 amide bonds. The summed E-state index contributed by atoms with van der Waals surface area (Å²) < 4.78 is 5.65. The molecule has 0 saturated heterocycles. The number of thiazole rings is 1. The van der Waals surface area contributed by atoms with Gasteiger partial charge >= 0.3 is 0 Å². The van der Waals surface area contributed by atoms with E-state index in [-0.39, 0.29) is 0 Å². The molecule has 6 heteroatoms. The summed E-state index contributed by atoms with van der Waals surface area (Å²) in [5, 5.41) is 9.89. The van der Waals surface area contributed by atoms with Gasteiger partial charge in [0.1, 0.15) is 12.4 Å². The molecule has 0 atom stereocenters. The SMILES string of the molecule is CN=C(NCCOc1ccccc1)NCCc1csc(C(C)C)n1. The lowest BCUT2D eigenvalue weighted by molar-refractivity contribution is 0.322. The van der Waals surface area contributed by atoms with E-state index in [1.807, 2.05) is 30.3 Å². The van der Waals surface area contributed by atoms with Gasteiger partial charge in [0, 0.05) is 31.3 Å². The Kier molecular flexibility index (Phi) is 7.55. The lowest BCUT2D eigenvalue weighted by Gasteiger charge is -2.12. The van der Waals surface area contributed by atoms with Crippen molar-refractivity contribution in [2.45, 2.75) is 26.2 Å². The molecule has 0 spiro atoms. The molecule has 0 aliphatic rings. The average Bonchev–Trinajstić information content (AvgIpc) is 3.07. The number of aliphatic imine (C=N–C) groups is 1. The van der Waals surface area contributed by atoms with Gasteiger partial charge in [-0.2, -0.15) is 0 Å². The van der Waals surface area contributed by atoms with Crippen molar-refractivity contribution >= 4 is 17.3 Å². The third-order valence-corrected chi connectivity index (χ3v) is 4.56. The van der Waals surface area contributed by atoms with E-state index < -0.39 is 0 Å². The summed E-state index contributed by atoms with van der Waals surface area (Å²) in [6.45, 7) is 6.44. The van der Waals surface area contributed by atoms with E-state index in [2.05, 4.69) is 39.8 Å². The summed E-state index contributed by atoms with van der Waals surface area (Å²) in [4.78, 5) is 8.86. The predicted octanol–water partition coefficient (Wildman–Crippen LogP) is 3.05. The molecular weight excluding hydrogens is 320 g/mol. The van der Waals surface area contributed by atoms with Crippen LogP contribution in [0.5, 0.6) is 5.75 Å². The highest BCUT2D eigenvalue weighted by Gasteiger charge is 2.06. The molecule has 0 fully saturated rings. The molecular formula is C18H26N4OS. The van der Waals surface area contributed by atoms with Crippen LogP contribution in [-0.2, 0) is 6.42 Å². The first-order chi connectivity index (χ1) is 11.7. The van der Waals surface area contributed by atoms with E-state index in [1.54, 1.807) is 18.4 Å². The molecule has 0 bridgehead atoms. The van der Waals surface area contributed by atoms with E-state index >= 15 is 0 Å². The fourth-order valence-corrected chi connectivity index (χ4v) is 2.96. The van der Waals surface area contributed by atoms with E-state index in [0.717, 1.165) is 30.4 Å². The summed E-state index contributed by atoms with van der Waals surface area (Å²) >= 11 is 1.74. The summed E-state index contributed by atoms with van der Waals surface area (Å²) in [6, 6.07) is 9.81. The second-order valence-corrected chi connectivity index (χ2v) is 6.56. The third-order valence-electron chi connectivity index (χ3n) is 3.37. The number of aromatic nitrogens is 1. The van der Waals surface area contributed by atoms with E-state index in [1.165, 1.54) is 5.01 Å². The first-order valence-corrected chi connectivity index (χ1v) is 9.13. The van der Waals surface area contributed by atoms with Crippen LogP contribution < -0.4 is 15.4 Å². The van der Waals surface area contributed by atoms with Crippen molar-refractivity contribution in [1.29, 1.82) is 0 Å². The second kappa shape index (κ2) is 9.93. The smallest absolute Gasteiger partial charge is 0.191 e. The van der Waals surface area contributed by atoms with Gasteiger partial charge in [-0.3, -0.25) is 4.99 Å². The van der Waals surface area contributed by atoms with Gasteiger partial charge in [0.15, 0.2) is 5.96 Å². The first kappa shape index (κ1) is 18.3. The maximum Gasteiger partial charge on any atom is 0.191 e. The minimum absolute atomic E-state index is 0.496. The van der Waals surface area contributed by atoms with Gasteiger partial charge in [0.05, 0.1) is 17.2 Å². The molecule has 2 aromatic rings. The number of benzene rings is 1. The van der Waals surface area contributed by atoms with Gasteiger partial charge in [-0.05, 0) is 12.1 Å². The molecule has 1 aromatic carbocycles. The Bertz CT molecular complexity index is 625. The number of nitrogens with one attached hydrogen (secondary N) is 2. The van der Waals surface area contributed by atoms with E-state index in [4.69, 9.17) is 4.74 Å². The molecule has 2 N–H and O–H groups in total. The van der Waals surface area contributed by atoms with Gasteiger partial charge in [-0.1, -0.05) is 32.0 Å². The number of ether oxygens (including phenoxy) is 1. The minimum atomic E-state index is 0.496. The molecule has 24 heavy (non-hydrogen) atoms. The molecule has 1 heterocycles. The number of hydrogen-bond acceptors (Lipinski definition) is 4. The Morgan fingerprint density at radius 2 is 1.96 bits per heavy atom. The maximum atomic E-state index is 5.65. The monoisotopic (exact) mass is 346 g/mol. The molecule has 2 rings (SSSR count). The molecule has 0 unspecified atom stereocenters. The lowest BCUT2D eigenvalue weighted by atomic mass is 10.2. The zero-order valence-corrected chi connectivity index (χ0v) is 15.4. The number of guanidine groups is 1. The number of para-hydroxylation sites is 1. The van der Waals surface area contributed by atoms with Crippen LogP contribution in [0.3, 0.4) is 0 Å². The topological polar surface area (TPSA) is 58.5 Å². The fourth-order valence-electron chi connectivity index (χ4n) is 2.09. The largest absolute Gasteiger partial charge is 0.492 e. The standard InChI is InChI=1S/C18H26N4OS/c1-14(2)17-22-15(13-24-17)9-10-20-18(19-3)21-11-12-23-16-7-5-4-6-8-16/h4-8,13-14H,9-12H2,1-3H3,(H2,19,20,21). The van der Waals surface area contributed by atoms with Crippen molar-refractivity contribution < 1.29 is 4.74 Å². The van der Waals surface area contributed by atoms with E-state index in [9.17, 15) is 0 Å². The van der Waals surface area contributed by atoms with Crippen LogP contribution in [0.4, 0.5) is 0 Å². The molecule has 130 valence electrons. The zero-order valence-electron chi connectivity index (χ0n) is 14.6. The van der Waals surface area contributed by atoms with Gasteiger partial charge < -0.3 is 15.4 Å². The van der Waals surface area contributed by atoms with Crippen LogP contribution in [0.15, 0.2) is 40.7 Å². The summed E-state index contributed by atoms with van der Waals surface area (Å²) in [5.74, 6) is 2.16. The number of nitrogens with zero attached hydrogens (tertiary/aromatic N) is 2. The number of rotatable bonds is 8. The van der Waals surface area contributed by atoms with Crippen LogP contribution in [0.1, 0.15) is 30.5 Å². The Labute approximate surface area is 148 Å². The van der Waals surface area contributed by atoms with Gasteiger partial charge in [-0.25, -0.2) is 4.98 Å².